The van der Waals surface area contributed by atoms with Crippen molar-refractivity contribution in [2.75, 3.05) is 11.1 Å². The number of anilines is 2. The number of rotatable bonds is 3. The number of alkyl halides is 3. The van der Waals surface area contributed by atoms with E-state index in [4.69, 9.17) is 10.5 Å². The van der Waals surface area contributed by atoms with Crippen molar-refractivity contribution in [1.82, 2.24) is 9.55 Å². The largest absolute Gasteiger partial charge is 0.457 e. The molecule has 1 amide bonds. The van der Waals surface area contributed by atoms with Gasteiger partial charge < -0.3 is 15.8 Å². The maximum Gasteiger partial charge on any atom is 0.416 e. The van der Waals surface area contributed by atoms with Gasteiger partial charge in [0, 0.05) is 29.5 Å². The minimum absolute atomic E-state index is 0.0481. The molecule has 4 aromatic rings. The highest BCUT2D eigenvalue weighted by molar-refractivity contribution is 5.98. The molecule has 0 bridgehead atoms. The van der Waals surface area contributed by atoms with Crippen LogP contribution in [-0.2, 0) is 6.18 Å². The van der Waals surface area contributed by atoms with E-state index in [-0.39, 0.29) is 5.69 Å². The Morgan fingerprint density at radius 1 is 1.03 bits per heavy atom. The number of carbonyl (C=O) groups is 1. The lowest BCUT2D eigenvalue weighted by Crippen LogP contribution is -2.18. The molecule has 30 heavy (non-hydrogen) atoms. The Balaban J connectivity index is 1.55. The summed E-state index contributed by atoms with van der Waals surface area (Å²) in [6.45, 7) is 0. The first-order valence-corrected chi connectivity index (χ1v) is 8.79. The Labute approximate surface area is 168 Å². The molecule has 0 radical (unpaired) electrons. The number of aromatic nitrogens is 2. The molecule has 2 aromatic carbocycles. The quantitative estimate of drug-likeness (QED) is 0.465. The van der Waals surface area contributed by atoms with E-state index in [1.165, 1.54) is 29.1 Å². The molecule has 152 valence electrons. The maximum absolute atomic E-state index is 12.9. The number of benzene rings is 2. The van der Waals surface area contributed by atoms with Crippen molar-refractivity contribution >= 4 is 28.4 Å². The second-order valence-electron chi connectivity index (χ2n) is 6.43. The number of nitrogens with one attached hydrogen (secondary N) is 1. The number of amides is 1. The zero-order valence-corrected chi connectivity index (χ0v) is 15.4. The third-order valence-electron chi connectivity index (χ3n) is 4.31. The molecule has 0 spiro atoms. The van der Waals surface area contributed by atoms with Crippen LogP contribution in [0.4, 0.5) is 29.5 Å². The predicted octanol–water partition coefficient (Wildman–Crippen LogP) is 5.51. The van der Waals surface area contributed by atoms with E-state index in [1.807, 2.05) is 0 Å². The summed E-state index contributed by atoms with van der Waals surface area (Å²) >= 11 is 0. The van der Waals surface area contributed by atoms with E-state index < -0.39 is 17.8 Å². The van der Waals surface area contributed by atoms with Crippen molar-refractivity contribution in [3.8, 4) is 11.5 Å². The fraction of sp³-hybridized carbons (Fsp3) is 0.0476. The van der Waals surface area contributed by atoms with Crippen molar-refractivity contribution in [3.63, 3.8) is 0 Å². The number of fused-ring (bicyclic) bond motifs is 1. The minimum Gasteiger partial charge on any atom is -0.457 e. The molecule has 6 nitrogen and oxygen atoms in total. The molecule has 0 aliphatic rings. The Bertz CT molecular complexity index is 1230. The maximum atomic E-state index is 12.9. The number of pyridine rings is 1. The van der Waals surface area contributed by atoms with Crippen molar-refractivity contribution in [3.05, 3.63) is 78.6 Å². The van der Waals surface area contributed by atoms with E-state index in [0.717, 1.165) is 12.1 Å². The molecule has 0 fully saturated rings. The van der Waals surface area contributed by atoms with E-state index in [0.29, 0.717) is 28.2 Å². The van der Waals surface area contributed by atoms with E-state index in [1.54, 1.807) is 36.4 Å². The van der Waals surface area contributed by atoms with Gasteiger partial charge in [-0.2, -0.15) is 13.2 Å². The Morgan fingerprint density at radius 2 is 1.83 bits per heavy atom. The molecule has 2 aromatic heterocycles. The normalized spacial score (nSPS) is 11.4. The summed E-state index contributed by atoms with van der Waals surface area (Å²) in [5.74, 6) is 1.37. The highest BCUT2D eigenvalue weighted by atomic mass is 19.4. The van der Waals surface area contributed by atoms with Crippen LogP contribution in [0.3, 0.4) is 0 Å². The van der Waals surface area contributed by atoms with Crippen LogP contribution in [0.1, 0.15) is 5.56 Å². The van der Waals surface area contributed by atoms with E-state index in [9.17, 15) is 18.0 Å². The lowest BCUT2D eigenvalue weighted by Gasteiger charge is -2.11. The standard InChI is InChI=1S/C21H15F3N4O2/c22-21(23,24)14-2-1-3-15(11-14)27-20(29)28-9-7-13-10-16(4-5-18(13)28)30-17-6-8-26-19(25)12-17/h1-12H,(H2,25,26)(H,27,29). The minimum atomic E-state index is -4.49. The Hall–Kier alpha value is -4.01. The topological polar surface area (TPSA) is 82.2 Å². The first-order valence-electron chi connectivity index (χ1n) is 8.79. The van der Waals surface area contributed by atoms with Gasteiger partial charge in [0.15, 0.2) is 0 Å². The van der Waals surface area contributed by atoms with Crippen LogP contribution in [-0.4, -0.2) is 15.6 Å². The molecule has 3 N–H and O–H groups in total. The highest BCUT2D eigenvalue weighted by Crippen LogP contribution is 2.31. The van der Waals surface area contributed by atoms with Crippen molar-refractivity contribution in [2.24, 2.45) is 0 Å². The number of carbonyl (C=O) groups excluding carboxylic acids is 1. The number of hydrogen-bond donors (Lipinski definition) is 2. The van der Waals surface area contributed by atoms with Crippen LogP contribution in [0.5, 0.6) is 11.5 Å². The number of nitrogens with zero attached hydrogens (tertiary/aromatic N) is 2. The van der Waals surface area contributed by atoms with Crippen LogP contribution in [0.25, 0.3) is 10.9 Å². The predicted molar refractivity (Wildman–Crippen MR) is 107 cm³/mol. The molecular formula is C21H15F3N4O2. The fourth-order valence-corrected chi connectivity index (χ4v) is 2.95. The molecule has 0 aliphatic carbocycles. The van der Waals surface area contributed by atoms with Gasteiger partial charge in [-0.1, -0.05) is 6.07 Å². The van der Waals surface area contributed by atoms with Gasteiger partial charge >= 0.3 is 12.2 Å². The van der Waals surface area contributed by atoms with Gasteiger partial charge in [0.2, 0.25) is 0 Å². The van der Waals surface area contributed by atoms with Gasteiger partial charge in [0.25, 0.3) is 0 Å². The van der Waals surface area contributed by atoms with Crippen LogP contribution in [0.15, 0.2) is 73.1 Å². The third kappa shape index (κ3) is 4.04. The van der Waals surface area contributed by atoms with Gasteiger partial charge in [-0.05, 0) is 48.5 Å². The van der Waals surface area contributed by atoms with Gasteiger partial charge in [-0.25, -0.2) is 9.78 Å². The Morgan fingerprint density at radius 3 is 2.60 bits per heavy atom. The van der Waals surface area contributed by atoms with E-state index in [2.05, 4.69) is 10.3 Å². The van der Waals surface area contributed by atoms with Crippen LogP contribution < -0.4 is 15.8 Å². The molecule has 0 unspecified atom stereocenters. The van der Waals surface area contributed by atoms with Gasteiger partial charge in [-0.3, -0.25) is 4.57 Å². The van der Waals surface area contributed by atoms with Crippen molar-refractivity contribution in [2.45, 2.75) is 6.18 Å². The Kier molecular flexibility index (Phi) is 4.78. The van der Waals surface area contributed by atoms with Gasteiger partial charge in [0.1, 0.15) is 17.3 Å². The van der Waals surface area contributed by atoms with Gasteiger partial charge in [0.05, 0.1) is 11.1 Å². The zero-order valence-electron chi connectivity index (χ0n) is 15.4. The average molecular weight is 412 g/mol. The highest BCUT2D eigenvalue weighted by Gasteiger charge is 2.30. The van der Waals surface area contributed by atoms with Crippen LogP contribution >= 0.6 is 0 Å². The summed E-state index contributed by atoms with van der Waals surface area (Å²) in [4.78, 5) is 16.5. The zero-order chi connectivity index (χ0) is 21.3. The van der Waals surface area contributed by atoms with Gasteiger partial charge in [-0.15, -0.1) is 0 Å². The lowest BCUT2D eigenvalue weighted by atomic mass is 10.2. The van der Waals surface area contributed by atoms with Crippen molar-refractivity contribution < 1.29 is 22.7 Å². The first kappa shape index (κ1) is 19.3. The van der Waals surface area contributed by atoms with E-state index >= 15 is 0 Å². The monoisotopic (exact) mass is 412 g/mol. The summed E-state index contributed by atoms with van der Waals surface area (Å²) in [5, 5.41) is 3.20. The number of hydrogen-bond acceptors (Lipinski definition) is 4. The average Bonchev–Trinajstić information content (AvgIpc) is 3.11. The lowest BCUT2D eigenvalue weighted by molar-refractivity contribution is -0.137. The smallest absolute Gasteiger partial charge is 0.416 e. The first-order chi connectivity index (χ1) is 14.3. The number of nitrogens with two attached hydrogens (primary N) is 1. The second-order valence-corrected chi connectivity index (χ2v) is 6.43. The van der Waals surface area contributed by atoms with Crippen LogP contribution in [0, 0.1) is 0 Å². The summed E-state index contributed by atoms with van der Waals surface area (Å²) in [6.07, 6.45) is -1.43. The molecule has 0 atom stereocenters. The SMILES string of the molecule is Nc1cc(Oc2ccc3c(ccn3C(=O)Nc3cccc(C(F)(F)F)c3)c2)ccn1. The molecule has 4 rings (SSSR count). The number of ether oxygens (including phenoxy) is 1. The van der Waals surface area contributed by atoms with Crippen molar-refractivity contribution in [1.29, 1.82) is 0 Å². The molecule has 0 saturated heterocycles. The summed E-state index contributed by atoms with van der Waals surface area (Å²) in [7, 11) is 0. The summed E-state index contributed by atoms with van der Waals surface area (Å²) in [5.41, 5.74) is 5.42. The molecule has 0 aliphatic heterocycles. The van der Waals surface area contributed by atoms with Crippen LogP contribution in [0.2, 0.25) is 0 Å². The summed E-state index contributed by atoms with van der Waals surface area (Å²) < 4.78 is 45.6. The number of nitrogen functional groups attached to an aromatic ring is 1. The second kappa shape index (κ2) is 7.43. The summed E-state index contributed by atoms with van der Waals surface area (Å²) in [6, 6.07) is 13.9. The molecule has 2 heterocycles. The third-order valence-corrected chi connectivity index (χ3v) is 4.31. The number of halogens is 3. The molecule has 9 heteroatoms. The fourth-order valence-electron chi connectivity index (χ4n) is 2.95. The molecular weight excluding hydrogens is 397 g/mol. The molecule has 0 saturated carbocycles.